The van der Waals surface area contributed by atoms with Crippen molar-refractivity contribution in [1.29, 1.82) is 0 Å². The first-order valence-electron chi connectivity index (χ1n) is 10.7. The number of rotatable bonds is 7. The number of methoxy groups -OCH3 is 1. The summed E-state index contributed by atoms with van der Waals surface area (Å²) in [5, 5.41) is 0.698. The zero-order valence-electron chi connectivity index (χ0n) is 19.3. The maximum atomic E-state index is 13.5. The number of benzene rings is 2. The Bertz CT molecular complexity index is 1200. The Morgan fingerprint density at radius 1 is 1.15 bits per heavy atom. The fraction of sp³-hybridized carbons (Fsp3) is 0.320. The Kier molecular flexibility index (Phi) is 7.76. The molecule has 174 valence electrons. The largest absolute Gasteiger partial charge is 0.497 e. The number of carbonyl (C=O) groups excluding carboxylic acids is 1. The molecule has 0 bridgehead atoms. The minimum atomic E-state index is -0.0397. The second-order valence-corrected chi connectivity index (χ2v) is 9.78. The van der Waals surface area contributed by atoms with Crippen LogP contribution in [0.15, 0.2) is 61.2 Å². The highest BCUT2D eigenvalue weighted by molar-refractivity contribution is 7.22. The number of halogens is 1. The SMILES string of the molecule is COc1ccc2nc(N(CCCn3ccnc3)C(=O)c3ccc(C(C)(C)C)cc3)sc2c1.Cl. The summed E-state index contributed by atoms with van der Waals surface area (Å²) < 4.78 is 8.36. The average Bonchev–Trinajstić information content (AvgIpc) is 3.45. The number of thiazole rings is 1. The van der Waals surface area contributed by atoms with E-state index in [1.807, 2.05) is 53.2 Å². The van der Waals surface area contributed by atoms with Crippen LogP contribution in [0.5, 0.6) is 5.75 Å². The predicted molar refractivity (Wildman–Crippen MR) is 137 cm³/mol. The Hall–Kier alpha value is -2.90. The summed E-state index contributed by atoms with van der Waals surface area (Å²) >= 11 is 1.51. The zero-order valence-corrected chi connectivity index (χ0v) is 20.9. The first-order chi connectivity index (χ1) is 15.3. The molecule has 0 radical (unpaired) electrons. The summed E-state index contributed by atoms with van der Waals surface area (Å²) in [6, 6.07) is 13.7. The number of aryl methyl sites for hydroxylation is 1. The van der Waals surface area contributed by atoms with Gasteiger partial charge in [0.25, 0.3) is 5.91 Å². The monoisotopic (exact) mass is 484 g/mol. The molecule has 0 aliphatic carbocycles. The molecule has 0 aliphatic rings. The van der Waals surface area contributed by atoms with Crippen LogP contribution >= 0.6 is 23.7 Å². The molecular formula is C25H29ClN4O2S. The van der Waals surface area contributed by atoms with E-state index in [1.54, 1.807) is 24.5 Å². The maximum Gasteiger partial charge on any atom is 0.260 e. The second-order valence-electron chi connectivity index (χ2n) is 8.77. The first-order valence-corrected chi connectivity index (χ1v) is 11.5. The summed E-state index contributed by atoms with van der Waals surface area (Å²) in [6.07, 6.45) is 6.28. The minimum absolute atomic E-state index is 0. The molecule has 1 amide bonds. The number of fused-ring (bicyclic) bond motifs is 1. The summed E-state index contributed by atoms with van der Waals surface area (Å²) in [4.78, 5) is 24.2. The molecule has 0 unspecified atom stereocenters. The van der Waals surface area contributed by atoms with Crippen LogP contribution in [0.25, 0.3) is 10.2 Å². The molecule has 2 aromatic carbocycles. The lowest BCUT2D eigenvalue weighted by Crippen LogP contribution is -2.32. The van der Waals surface area contributed by atoms with E-state index in [-0.39, 0.29) is 23.7 Å². The third-order valence-electron chi connectivity index (χ3n) is 5.42. The summed E-state index contributed by atoms with van der Waals surface area (Å²) in [7, 11) is 1.65. The van der Waals surface area contributed by atoms with Crippen molar-refractivity contribution >= 4 is 45.0 Å². The number of amides is 1. The van der Waals surface area contributed by atoms with Crippen LogP contribution in [0.2, 0.25) is 0 Å². The average molecular weight is 485 g/mol. The van der Waals surface area contributed by atoms with Gasteiger partial charge in [0.2, 0.25) is 0 Å². The van der Waals surface area contributed by atoms with Gasteiger partial charge >= 0.3 is 0 Å². The first kappa shape index (κ1) is 24.7. The fourth-order valence-corrected chi connectivity index (χ4v) is 4.54. The third kappa shape index (κ3) is 5.72. The highest BCUT2D eigenvalue weighted by Crippen LogP contribution is 2.32. The zero-order chi connectivity index (χ0) is 22.7. The molecule has 0 fully saturated rings. The lowest BCUT2D eigenvalue weighted by molar-refractivity contribution is 0.0986. The van der Waals surface area contributed by atoms with Gasteiger partial charge in [-0.25, -0.2) is 9.97 Å². The van der Waals surface area contributed by atoms with Crippen LogP contribution in [-0.2, 0) is 12.0 Å². The number of carbonyl (C=O) groups is 1. The quantitative estimate of drug-likeness (QED) is 0.325. The van der Waals surface area contributed by atoms with Gasteiger partial charge in [-0.1, -0.05) is 44.2 Å². The minimum Gasteiger partial charge on any atom is -0.497 e. The second kappa shape index (κ2) is 10.4. The number of anilines is 1. The van der Waals surface area contributed by atoms with Crippen molar-refractivity contribution in [3.8, 4) is 5.75 Å². The van der Waals surface area contributed by atoms with Gasteiger partial charge in [-0.05, 0) is 47.7 Å². The number of imidazole rings is 1. The van der Waals surface area contributed by atoms with Crippen LogP contribution in [0.4, 0.5) is 5.13 Å². The van der Waals surface area contributed by atoms with Gasteiger partial charge in [0.1, 0.15) is 5.75 Å². The smallest absolute Gasteiger partial charge is 0.260 e. The highest BCUT2D eigenvalue weighted by atomic mass is 35.5. The number of ether oxygens (including phenoxy) is 1. The maximum absolute atomic E-state index is 13.5. The molecule has 4 aromatic rings. The molecule has 4 rings (SSSR count). The summed E-state index contributed by atoms with van der Waals surface area (Å²) in [5.41, 5.74) is 2.77. The highest BCUT2D eigenvalue weighted by Gasteiger charge is 2.22. The van der Waals surface area contributed by atoms with Crippen molar-refractivity contribution < 1.29 is 9.53 Å². The lowest BCUT2D eigenvalue weighted by Gasteiger charge is -2.22. The molecule has 33 heavy (non-hydrogen) atoms. The van der Waals surface area contributed by atoms with Crippen LogP contribution < -0.4 is 9.64 Å². The molecule has 0 spiro atoms. The van der Waals surface area contributed by atoms with E-state index < -0.39 is 0 Å². The van der Waals surface area contributed by atoms with Crippen molar-refractivity contribution in [1.82, 2.24) is 14.5 Å². The van der Waals surface area contributed by atoms with E-state index in [1.165, 1.54) is 16.9 Å². The van der Waals surface area contributed by atoms with Gasteiger partial charge in [-0.2, -0.15) is 0 Å². The van der Waals surface area contributed by atoms with Crippen molar-refractivity contribution in [3.63, 3.8) is 0 Å². The van der Waals surface area contributed by atoms with E-state index in [4.69, 9.17) is 9.72 Å². The topological polar surface area (TPSA) is 60.2 Å². The van der Waals surface area contributed by atoms with Crippen LogP contribution in [0, 0.1) is 0 Å². The van der Waals surface area contributed by atoms with E-state index >= 15 is 0 Å². The third-order valence-corrected chi connectivity index (χ3v) is 6.46. The van der Waals surface area contributed by atoms with Gasteiger partial charge in [-0.15, -0.1) is 12.4 Å². The molecule has 2 heterocycles. The Labute approximate surface area is 204 Å². The number of aromatic nitrogens is 3. The number of hydrogen-bond donors (Lipinski definition) is 0. The van der Waals surface area contributed by atoms with Crippen molar-refractivity contribution in [3.05, 3.63) is 72.3 Å². The van der Waals surface area contributed by atoms with E-state index in [0.29, 0.717) is 17.2 Å². The van der Waals surface area contributed by atoms with Gasteiger partial charge in [-0.3, -0.25) is 9.69 Å². The number of hydrogen-bond acceptors (Lipinski definition) is 5. The van der Waals surface area contributed by atoms with Crippen LogP contribution in [-0.4, -0.2) is 34.1 Å². The van der Waals surface area contributed by atoms with Gasteiger partial charge in [0.05, 0.1) is 23.7 Å². The molecule has 8 heteroatoms. The van der Waals surface area contributed by atoms with Gasteiger partial charge < -0.3 is 9.30 Å². The van der Waals surface area contributed by atoms with Crippen LogP contribution in [0.1, 0.15) is 43.1 Å². The normalized spacial score (nSPS) is 11.3. The molecule has 2 aromatic heterocycles. The summed E-state index contributed by atoms with van der Waals surface area (Å²) in [6.45, 7) is 7.85. The standard InChI is InChI=1S/C25H28N4O2S.ClH/c1-25(2,3)19-8-6-18(7-9-19)23(30)29(14-5-13-28-15-12-26-17-28)24-27-21-11-10-20(31-4)16-22(21)32-24;/h6-12,15-17H,5,13-14H2,1-4H3;1H. The predicted octanol–water partition coefficient (Wildman–Crippen LogP) is 5.96. The van der Waals surface area contributed by atoms with Crippen molar-refractivity contribution in [2.24, 2.45) is 0 Å². The molecule has 6 nitrogen and oxygen atoms in total. The van der Waals surface area contributed by atoms with Crippen molar-refractivity contribution in [2.75, 3.05) is 18.6 Å². The van der Waals surface area contributed by atoms with E-state index in [2.05, 4.69) is 25.8 Å². The Balaban J connectivity index is 0.00000306. The lowest BCUT2D eigenvalue weighted by atomic mass is 9.86. The molecule has 0 saturated heterocycles. The Morgan fingerprint density at radius 2 is 1.91 bits per heavy atom. The Morgan fingerprint density at radius 3 is 2.55 bits per heavy atom. The molecule has 0 N–H and O–H groups in total. The molecule has 0 aliphatic heterocycles. The van der Waals surface area contributed by atoms with Crippen molar-refractivity contribution in [2.45, 2.75) is 39.2 Å². The van der Waals surface area contributed by atoms with Gasteiger partial charge in [0.15, 0.2) is 5.13 Å². The molecule has 0 atom stereocenters. The molecule has 0 saturated carbocycles. The van der Waals surface area contributed by atoms with Gasteiger partial charge in [0, 0.05) is 31.0 Å². The summed E-state index contributed by atoms with van der Waals surface area (Å²) in [5.74, 6) is 0.741. The van der Waals surface area contributed by atoms with E-state index in [9.17, 15) is 4.79 Å². The molecular weight excluding hydrogens is 456 g/mol. The number of nitrogens with zero attached hydrogens (tertiary/aromatic N) is 4. The van der Waals surface area contributed by atoms with E-state index in [0.717, 1.165) is 28.9 Å². The van der Waals surface area contributed by atoms with Crippen LogP contribution in [0.3, 0.4) is 0 Å². The fourth-order valence-electron chi connectivity index (χ4n) is 3.52.